The highest BCUT2D eigenvalue weighted by Crippen LogP contribution is 2.59. The Hall–Kier alpha value is -3.48. The van der Waals surface area contributed by atoms with Crippen LogP contribution in [0.5, 0.6) is 5.88 Å². The number of amides is 1. The molecule has 0 aromatic carbocycles. The minimum atomic E-state index is -4.21. The Kier molecular flexibility index (Phi) is 7.72. The third kappa shape index (κ3) is 6.13. The lowest BCUT2D eigenvalue weighted by Crippen LogP contribution is -2.40. The number of pyridine rings is 2. The largest absolute Gasteiger partial charge is 0.477 e. The quantitative estimate of drug-likeness (QED) is 0.348. The van der Waals surface area contributed by atoms with Crippen LogP contribution in [0.1, 0.15) is 62.7 Å². The number of hydrogen-bond donors (Lipinski definition) is 1. The Morgan fingerprint density at radius 1 is 1.16 bits per heavy atom. The average Bonchev–Trinajstić information content (AvgIpc) is 3.52. The Morgan fingerprint density at radius 3 is 2.70 bits per heavy atom. The third-order valence-corrected chi connectivity index (χ3v) is 9.66. The minimum Gasteiger partial charge on any atom is -0.477 e. The van der Waals surface area contributed by atoms with Crippen LogP contribution in [0.15, 0.2) is 47.8 Å². The zero-order chi connectivity index (χ0) is 30.4. The Bertz CT molecular complexity index is 1470. The Morgan fingerprint density at radius 2 is 1.98 bits per heavy atom. The van der Waals surface area contributed by atoms with Crippen molar-refractivity contribution < 1.29 is 22.7 Å². The summed E-state index contributed by atoms with van der Waals surface area (Å²) < 4.78 is 49.9. The van der Waals surface area contributed by atoms with Crippen molar-refractivity contribution >= 4 is 29.4 Å². The lowest BCUT2D eigenvalue weighted by molar-refractivity contribution is -0.190. The molecule has 1 unspecified atom stereocenters. The number of carbonyl (C=O) groups is 1. The molecule has 7 rings (SSSR count). The first-order valence-electron chi connectivity index (χ1n) is 14.6. The van der Waals surface area contributed by atoms with Gasteiger partial charge >= 0.3 is 6.18 Å². The molecule has 1 N–H and O–H groups in total. The van der Waals surface area contributed by atoms with Crippen LogP contribution in [0.3, 0.4) is 0 Å². The van der Waals surface area contributed by atoms with E-state index in [1.54, 1.807) is 24.4 Å². The van der Waals surface area contributed by atoms with Gasteiger partial charge in [0.15, 0.2) is 5.82 Å². The molecule has 1 aliphatic carbocycles. The van der Waals surface area contributed by atoms with Crippen molar-refractivity contribution in [1.29, 1.82) is 0 Å². The van der Waals surface area contributed by atoms with E-state index in [1.807, 2.05) is 18.3 Å². The van der Waals surface area contributed by atoms with Crippen molar-refractivity contribution in [2.24, 2.45) is 11.3 Å². The molecule has 0 spiro atoms. The molecular weight excluding hydrogens is 579 g/mol. The second-order valence-corrected chi connectivity index (χ2v) is 13.3. The van der Waals surface area contributed by atoms with Crippen molar-refractivity contribution in [3.05, 3.63) is 48.3 Å². The summed E-state index contributed by atoms with van der Waals surface area (Å²) >= 11 is 1.16. The van der Waals surface area contributed by atoms with Crippen molar-refractivity contribution in [2.75, 3.05) is 36.5 Å². The van der Waals surface area contributed by atoms with E-state index in [4.69, 9.17) is 9.72 Å². The molecule has 3 aromatic rings. The Labute approximate surface area is 253 Å². The molecule has 3 aliphatic heterocycles. The molecule has 0 radical (unpaired) electrons. The van der Waals surface area contributed by atoms with Crippen LogP contribution in [-0.4, -0.2) is 64.1 Å². The highest BCUT2D eigenvalue weighted by Gasteiger charge is 2.62. The van der Waals surface area contributed by atoms with E-state index in [2.05, 4.69) is 45.5 Å². The summed E-state index contributed by atoms with van der Waals surface area (Å²) in [6.07, 6.45) is 2.52. The number of ether oxygens (including phenoxy) is 1. The monoisotopic (exact) mass is 615 g/mol. The average molecular weight is 616 g/mol. The minimum absolute atomic E-state index is 0.0668. The Balaban J connectivity index is 1.26. The number of carbonyl (C=O) groups excluding carboxylic acids is 1. The summed E-state index contributed by atoms with van der Waals surface area (Å²) in [7, 11) is 2.07. The van der Waals surface area contributed by atoms with E-state index in [0.29, 0.717) is 28.1 Å². The first kappa shape index (κ1) is 29.6. The molecule has 6 heterocycles. The standard InChI is InChI=1S/C30H36F3N7O2S/c1-28(2)17-20-5-4-14-38(3)21-6-9-25(34-18-21)43-37-27(41)22-7-8-23(35-26(22)39(28)19-20)40-15-10-24(36-40)42-16-13-29(11-12-29)30(31,32)33/h6-10,15,18,20H,4-5,11-14,16-17,19H2,1-3H3,(H,37,41). The molecular formula is C30H36F3N7O2S. The molecule has 1 atom stereocenters. The van der Waals surface area contributed by atoms with E-state index in [0.717, 1.165) is 50.0 Å². The van der Waals surface area contributed by atoms with Crippen LogP contribution in [0, 0.1) is 11.3 Å². The molecule has 4 bridgehead atoms. The lowest BCUT2D eigenvalue weighted by Gasteiger charge is -2.34. The summed E-state index contributed by atoms with van der Waals surface area (Å²) in [6, 6.07) is 8.98. The molecule has 1 saturated carbocycles. The molecule has 1 amide bonds. The first-order chi connectivity index (χ1) is 20.4. The number of fused-ring (bicyclic) bond motifs is 7. The number of rotatable bonds is 5. The fourth-order valence-electron chi connectivity index (χ4n) is 6.15. The summed E-state index contributed by atoms with van der Waals surface area (Å²) in [6.45, 7) is 5.97. The third-order valence-electron chi connectivity index (χ3n) is 8.92. The van der Waals surface area contributed by atoms with Gasteiger partial charge in [0.25, 0.3) is 5.91 Å². The van der Waals surface area contributed by atoms with Crippen LogP contribution in [0.2, 0.25) is 0 Å². The van der Waals surface area contributed by atoms with E-state index in [1.165, 1.54) is 4.68 Å². The molecule has 9 nitrogen and oxygen atoms in total. The van der Waals surface area contributed by atoms with Gasteiger partial charge < -0.3 is 14.5 Å². The van der Waals surface area contributed by atoms with Crippen LogP contribution in [0.4, 0.5) is 24.7 Å². The molecule has 1 saturated heterocycles. The van der Waals surface area contributed by atoms with Crippen molar-refractivity contribution in [2.45, 2.75) is 69.1 Å². The van der Waals surface area contributed by atoms with Gasteiger partial charge in [-0.05, 0) is 82.6 Å². The fourth-order valence-corrected chi connectivity index (χ4v) is 6.70. The van der Waals surface area contributed by atoms with Crippen molar-refractivity contribution in [1.82, 2.24) is 24.5 Å². The molecule has 3 aromatic heterocycles. The van der Waals surface area contributed by atoms with Crippen molar-refractivity contribution in [3.63, 3.8) is 0 Å². The normalized spacial score (nSPS) is 21.4. The molecule has 2 fully saturated rings. The second kappa shape index (κ2) is 11.2. The van der Waals surface area contributed by atoms with Gasteiger partial charge in [0, 0.05) is 49.9 Å². The number of alkyl halides is 3. The summed E-state index contributed by atoms with van der Waals surface area (Å²) in [5, 5.41) is 5.10. The van der Waals surface area contributed by atoms with Crippen LogP contribution in [-0.2, 0) is 0 Å². The maximum atomic E-state index is 13.5. The number of hydrogen-bond acceptors (Lipinski definition) is 8. The molecule has 230 valence electrons. The number of anilines is 2. The smallest absolute Gasteiger partial charge is 0.394 e. The number of halogens is 3. The van der Waals surface area contributed by atoms with E-state index in [-0.39, 0.29) is 43.2 Å². The topological polar surface area (TPSA) is 88.4 Å². The molecule has 13 heteroatoms. The fraction of sp³-hybridized carbons (Fsp3) is 0.533. The van der Waals surface area contributed by atoms with Gasteiger partial charge in [0.2, 0.25) is 5.88 Å². The van der Waals surface area contributed by atoms with Gasteiger partial charge in [0.1, 0.15) is 10.8 Å². The lowest BCUT2D eigenvalue weighted by atomic mass is 9.93. The maximum Gasteiger partial charge on any atom is 0.394 e. The van der Waals surface area contributed by atoms with Gasteiger partial charge in [-0.3, -0.25) is 9.52 Å². The van der Waals surface area contributed by atoms with E-state index >= 15 is 0 Å². The number of nitrogens with one attached hydrogen (secondary N) is 1. The van der Waals surface area contributed by atoms with Gasteiger partial charge in [-0.1, -0.05) is 0 Å². The number of nitrogens with zero attached hydrogens (tertiary/aromatic N) is 6. The molecule has 4 aliphatic rings. The van der Waals surface area contributed by atoms with Crippen LogP contribution >= 0.6 is 11.9 Å². The highest BCUT2D eigenvalue weighted by molar-refractivity contribution is 7.97. The number of aromatic nitrogens is 4. The molecule has 43 heavy (non-hydrogen) atoms. The predicted octanol–water partition coefficient (Wildman–Crippen LogP) is 6.05. The van der Waals surface area contributed by atoms with Crippen LogP contribution < -0.4 is 19.3 Å². The maximum absolute atomic E-state index is 13.5. The second-order valence-electron chi connectivity index (χ2n) is 12.5. The van der Waals surface area contributed by atoms with Crippen molar-refractivity contribution in [3.8, 4) is 11.7 Å². The van der Waals surface area contributed by atoms with E-state index < -0.39 is 11.6 Å². The first-order valence-corrected chi connectivity index (χ1v) is 15.4. The van der Waals surface area contributed by atoms with Gasteiger partial charge in [-0.15, -0.1) is 5.10 Å². The summed E-state index contributed by atoms with van der Waals surface area (Å²) in [4.78, 5) is 27.4. The van der Waals surface area contributed by atoms with Gasteiger partial charge in [-0.2, -0.15) is 13.2 Å². The summed E-state index contributed by atoms with van der Waals surface area (Å²) in [5.74, 6) is 1.43. The van der Waals surface area contributed by atoms with Gasteiger partial charge in [0.05, 0.1) is 29.5 Å². The predicted molar refractivity (Wildman–Crippen MR) is 159 cm³/mol. The van der Waals surface area contributed by atoms with Gasteiger partial charge in [-0.25, -0.2) is 14.6 Å². The SMILES string of the molecule is CN1CCCC2CN(c3nc(-n4ccc(OCCC5(C(F)(F)F)CC5)n4)ccc3C(=O)NSc3ccc1cn3)C(C)(C)C2. The summed E-state index contributed by atoms with van der Waals surface area (Å²) in [5.41, 5.74) is -0.369. The zero-order valence-electron chi connectivity index (χ0n) is 24.5. The zero-order valence-corrected chi connectivity index (χ0v) is 25.3. The van der Waals surface area contributed by atoms with E-state index in [9.17, 15) is 18.0 Å². The van der Waals surface area contributed by atoms with Crippen LogP contribution in [0.25, 0.3) is 5.82 Å². The highest BCUT2D eigenvalue weighted by atomic mass is 32.2.